The topological polar surface area (TPSA) is 60.2 Å². The van der Waals surface area contributed by atoms with Crippen molar-refractivity contribution in [2.24, 2.45) is 0 Å². The number of nitrogens with one attached hydrogen (secondary N) is 1. The number of anilines is 1. The van der Waals surface area contributed by atoms with Crippen LogP contribution in [-0.4, -0.2) is 16.3 Å². The zero-order chi connectivity index (χ0) is 16.3. The molecule has 0 amide bonds. The molecule has 0 saturated heterocycles. The first-order chi connectivity index (χ1) is 11.0. The molecule has 3 heterocycles. The molecular formula is C14H10F3N3O2S. The molecular weight excluding hydrogens is 331 g/mol. The predicted octanol–water partition coefficient (Wildman–Crippen LogP) is 4.31. The van der Waals surface area contributed by atoms with Crippen LogP contribution in [0.1, 0.15) is 5.69 Å². The summed E-state index contributed by atoms with van der Waals surface area (Å²) in [5.74, 6) is 0.559. The van der Waals surface area contributed by atoms with Crippen molar-refractivity contribution in [1.82, 2.24) is 9.97 Å². The summed E-state index contributed by atoms with van der Waals surface area (Å²) in [6.07, 6.45) is -2.21. The van der Waals surface area contributed by atoms with Gasteiger partial charge in [-0.05, 0) is 23.6 Å². The summed E-state index contributed by atoms with van der Waals surface area (Å²) in [7, 11) is 0. The van der Waals surface area contributed by atoms with Crippen molar-refractivity contribution in [2.75, 3.05) is 5.32 Å². The van der Waals surface area contributed by atoms with E-state index in [-0.39, 0.29) is 5.75 Å². The highest BCUT2D eigenvalue weighted by Crippen LogP contribution is 2.24. The molecule has 0 spiro atoms. The van der Waals surface area contributed by atoms with E-state index in [1.54, 1.807) is 0 Å². The van der Waals surface area contributed by atoms with Gasteiger partial charge in [0, 0.05) is 0 Å². The van der Waals surface area contributed by atoms with Gasteiger partial charge in [0.1, 0.15) is 17.8 Å². The van der Waals surface area contributed by atoms with E-state index >= 15 is 0 Å². The maximum Gasteiger partial charge on any atom is 0.573 e. The number of halogens is 3. The maximum atomic E-state index is 12.0. The minimum Gasteiger partial charge on any atom is -0.443 e. The summed E-state index contributed by atoms with van der Waals surface area (Å²) in [6, 6.07) is 6.37. The minimum atomic E-state index is -4.73. The highest BCUT2D eigenvalue weighted by Gasteiger charge is 2.31. The molecule has 3 aromatic heterocycles. The van der Waals surface area contributed by atoms with Crippen LogP contribution in [0.25, 0.3) is 10.8 Å². The van der Waals surface area contributed by atoms with Crippen molar-refractivity contribution in [1.29, 1.82) is 0 Å². The molecule has 5 nitrogen and oxygen atoms in total. The number of hydrogen-bond donors (Lipinski definition) is 1. The lowest BCUT2D eigenvalue weighted by molar-refractivity contribution is -0.274. The van der Waals surface area contributed by atoms with Gasteiger partial charge in [-0.1, -0.05) is 6.07 Å². The summed E-state index contributed by atoms with van der Waals surface area (Å²) < 4.78 is 45.3. The summed E-state index contributed by atoms with van der Waals surface area (Å²) in [5, 5.41) is 4.87. The fraction of sp³-hybridized carbons (Fsp3) is 0.143. The van der Waals surface area contributed by atoms with E-state index in [4.69, 9.17) is 4.42 Å². The van der Waals surface area contributed by atoms with Gasteiger partial charge >= 0.3 is 6.36 Å². The van der Waals surface area contributed by atoms with Crippen molar-refractivity contribution in [3.05, 3.63) is 47.8 Å². The van der Waals surface area contributed by atoms with Gasteiger partial charge in [0.05, 0.1) is 23.3 Å². The third-order valence-corrected chi connectivity index (χ3v) is 3.56. The van der Waals surface area contributed by atoms with E-state index in [2.05, 4.69) is 20.0 Å². The lowest BCUT2D eigenvalue weighted by Gasteiger charge is -2.09. The lowest BCUT2D eigenvalue weighted by atomic mass is 10.4. The summed E-state index contributed by atoms with van der Waals surface area (Å²) in [6.45, 7) is 0.335. The third kappa shape index (κ3) is 4.22. The number of rotatable bonds is 5. The molecule has 0 aliphatic heterocycles. The molecule has 3 aromatic rings. The average Bonchev–Trinajstić information content (AvgIpc) is 3.16. The number of oxazole rings is 1. The second-order valence-electron chi connectivity index (χ2n) is 4.40. The Morgan fingerprint density at radius 2 is 2.13 bits per heavy atom. The molecule has 1 N–H and O–H groups in total. The first-order valence-electron chi connectivity index (χ1n) is 6.43. The second kappa shape index (κ2) is 6.29. The van der Waals surface area contributed by atoms with Crippen LogP contribution in [0.15, 0.2) is 46.5 Å². The van der Waals surface area contributed by atoms with Crippen molar-refractivity contribution >= 4 is 17.2 Å². The van der Waals surface area contributed by atoms with Gasteiger partial charge < -0.3 is 14.5 Å². The highest BCUT2D eigenvalue weighted by atomic mass is 32.1. The van der Waals surface area contributed by atoms with Crippen LogP contribution in [0.5, 0.6) is 5.75 Å². The largest absolute Gasteiger partial charge is 0.573 e. The minimum absolute atomic E-state index is 0.335. The first-order valence-corrected chi connectivity index (χ1v) is 7.31. The molecule has 9 heteroatoms. The van der Waals surface area contributed by atoms with Crippen LogP contribution in [0.3, 0.4) is 0 Å². The van der Waals surface area contributed by atoms with Crippen molar-refractivity contribution in [3.8, 4) is 16.5 Å². The Balaban J connectivity index is 1.58. The van der Waals surface area contributed by atoms with E-state index in [9.17, 15) is 13.2 Å². The summed E-state index contributed by atoms with van der Waals surface area (Å²) in [4.78, 5) is 9.08. The van der Waals surface area contributed by atoms with E-state index in [1.165, 1.54) is 29.7 Å². The summed E-state index contributed by atoms with van der Waals surface area (Å²) in [5.41, 5.74) is 0.658. The highest BCUT2D eigenvalue weighted by molar-refractivity contribution is 7.13. The monoisotopic (exact) mass is 341 g/mol. The van der Waals surface area contributed by atoms with Crippen LogP contribution in [-0.2, 0) is 6.54 Å². The van der Waals surface area contributed by atoms with Crippen LogP contribution < -0.4 is 10.1 Å². The van der Waals surface area contributed by atoms with Gasteiger partial charge in [-0.15, -0.1) is 24.5 Å². The molecule has 0 aliphatic carbocycles. The molecule has 120 valence electrons. The molecule has 0 unspecified atom stereocenters. The van der Waals surface area contributed by atoms with Crippen molar-refractivity contribution in [3.63, 3.8) is 0 Å². The quantitative estimate of drug-likeness (QED) is 0.749. The fourth-order valence-electron chi connectivity index (χ4n) is 1.76. The molecule has 0 atom stereocenters. The van der Waals surface area contributed by atoms with Crippen LogP contribution in [0.2, 0.25) is 0 Å². The number of aromatic nitrogens is 2. The lowest BCUT2D eigenvalue weighted by Crippen LogP contribution is -2.17. The van der Waals surface area contributed by atoms with Crippen molar-refractivity contribution < 1.29 is 22.3 Å². The third-order valence-electron chi connectivity index (χ3n) is 2.70. The Labute approximate surface area is 132 Å². The van der Waals surface area contributed by atoms with Gasteiger partial charge in [0.15, 0.2) is 0 Å². The number of hydrogen-bond acceptors (Lipinski definition) is 6. The van der Waals surface area contributed by atoms with Gasteiger partial charge in [-0.2, -0.15) is 0 Å². The van der Waals surface area contributed by atoms with E-state index in [0.29, 0.717) is 23.9 Å². The second-order valence-corrected chi connectivity index (χ2v) is 5.35. The number of alkyl halides is 3. The van der Waals surface area contributed by atoms with E-state index in [0.717, 1.165) is 11.1 Å². The molecule has 23 heavy (non-hydrogen) atoms. The van der Waals surface area contributed by atoms with Crippen molar-refractivity contribution in [2.45, 2.75) is 12.9 Å². The van der Waals surface area contributed by atoms with Crippen LogP contribution >= 0.6 is 11.3 Å². The number of ether oxygens (including phenoxy) is 1. The molecule has 0 aliphatic rings. The van der Waals surface area contributed by atoms with E-state index < -0.39 is 6.36 Å². The fourth-order valence-corrected chi connectivity index (χ4v) is 2.42. The summed E-state index contributed by atoms with van der Waals surface area (Å²) >= 11 is 1.52. The average molecular weight is 341 g/mol. The number of thiophene rings is 1. The Hall–Kier alpha value is -2.55. The first kappa shape index (κ1) is 15.3. The van der Waals surface area contributed by atoms with Gasteiger partial charge in [-0.25, -0.2) is 9.97 Å². The molecule has 0 saturated carbocycles. The zero-order valence-corrected chi connectivity index (χ0v) is 12.3. The van der Waals surface area contributed by atoms with Gasteiger partial charge in [-0.3, -0.25) is 0 Å². The molecule has 0 fully saturated rings. The predicted molar refractivity (Wildman–Crippen MR) is 78.1 cm³/mol. The van der Waals surface area contributed by atoms with Gasteiger partial charge in [0.25, 0.3) is 0 Å². The Morgan fingerprint density at radius 1 is 1.26 bits per heavy atom. The van der Waals surface area contributed by atoms with Crippen LogP contribution in [0, 0.1) is 0 Å². The number of nitrogens with zero attached hydrogens (tertiary/aromatic N) is 2. The SMILES string of the molecule is FC(F)(F)Oc1ccc(NCc2coc(-c3cccs3)n2)nc1. The number of pyridine rings is 1. The Kier molecular flexibility index (Phi) is 4.20. The maximum absolute atomic E-state index is 12.0. The normalized spacial score (nSPS) is 11.4. The van der Waals surface area contributed by atoms with Crippen LogP contribution in [0.4, 0.5) is 19.0 Å². The Morgan fingerprint density at radius 3 is 2.78 bits per heavy atom. The standard InChI is InChI=1S/C14H10F3N3O2S/c15-14(16,17)22-10-3-4-12(19-7-10)18-6-9-8-21-13(20-9)11-2-1-5-23-11/h1-5,7-8H,6H2,(H,18,19). The molecule has 0 bridgehead atoms. The molecule has 0 radical (unpaired) electrons. The molecule has 3 rings (SSSR count). The smallest absolute Gasteiger partial charge is 0.443 e. The van der Waals surface area contributed by atoms with E-state index in [1.807, 2.05) is 17.5 Å². The Bertz CT molecular complexity index is 754. The molecule has 0 aromatic carbocycles. The zero-order valence-electron chi connectivity index (χ0n) is 11.5. The van der Waals surface area contributed by atoms with Gasteiger partial charge in [0.2, 0.25) is 5.89 Å².